The van der Waals surface area contributed by atoms with Crippen molar-refractivity contribution in [2.45, 2.75) is 25.4 Å². The first-order valence-corrected chi connectivity index (χ1v) is 8.65. The van der Waals surface area contributed by atoms with Gasteiger partial charge in [-0.15, -0.1) is 0 Å². The summed E-state index contributed by atoms with van der Waals surface area (Å²) < 4.78 is 0. The van der Waals surface area contributed by atoms with Crippen LogP contribution >= 0.6 is 0 Å². The van der Waals surface area contributed by atoms with Crippen LogP contribution in [0.1, 0.15) is 18.4 Å². The highest BCUT2D eigenvalue weighted by atomic mass is 15.8. The van der Waals surface area contributed by atoms with Crippen molar-refractivity contribution in [1.82, 2.24) is 9.91 Å². The molecule has 0 aliphatic carbocycles. The predicted octanol–water partition coefficient (Wildman–Crippen LogP) is 3.71. The zero-order chi connectivity index (χ0) is 16.2. The summed E-state index contributed by atoms with van der Waals surface area (Å²) in [6, 6.07) is 21.5. The predicted molar refractivity (Wildman–Crippen MR) is 95.2 cm³/mol. The first-order chi connectivity index (χ1) is 11.9. The molecule has 124 valence electrons. The summed E-state index contributed by atoms with van der Waals surface area (Å²) in [5.74, 6) is 0. The van der Waals surface area contributed by atoms with E-state index in [1.165, 1.54) is 5.56 Å². The van der Waals surface area contributed by atoms with Crippen molar-refractivity contribution in [3.05, 3.63) is 66.2 Å². The van der Waals surface area contributed by atoms with E-state index in [1.54, 1.807) is 0 Å². The highest BCUT2D eigenvalue weighted by molar-refractivity contribution is 5.44. The first-order valence-electron chi connectivity index (χ1n) is 8.65. The van der Waals surface area contributed by atoms with Crippen molar-refractivity contribution < 1.29 is 0 Å². The lowest BCUT2D eigenvalue weighted by molar-refractivity contribution is 0.115. The van der Waals surface area contributed by atoms with Crippen LogP contribution in [-0.2, 0) is 6.54 Å². The van der Waals surface area contributed by atoms with Crippen molar-refractivity contribution in [2.75, 3.05) is 24.8 Å². The van der Waals surface area contributed by atoms with E-state index in [9.17, 15) is 0 Å². The van der Waals surface area contributed by atoms with Gasteiger partial charge < -0.3 is 0 Å². The quantitative estimate of drug-likeness (QED) is 0.861. The Bertz CT molecular complexity index is 665. The van der Waals surface area contributed by atoms with Crippen LogP contribution in [0.25, 0.3) is 0 Å². The van der Waals surface area contributed by atoms with Gasteiger partial charge >= 0.3 is 0 Å². The molecule has 0 saturated carbocycles. The topological polar surface area (TPSA) is 34.4 Å². The van der Waals surface area contributed by atoms with Gasteiger partial charge in [-0.2, -0.15) is 0 Å². The lowest BCUT2D eigenvalue weighted by atomic mass is 10.0. The third-order valence-electron chi connectivity index (χ3n) is 4.82. The Labute approximate surface area is 143 Å². The molecule has 1 fully saturated rings. The van der Waals surface area contributed by atoms with Gasteiger partial charge in [0, 0.05) is 19.6 Å². The second-order valence-corrected chi connectivity index (χ2v) is 6.49. The number of rotatable bonds is 4. The molecule has 2 aromatic carbocycles. The van der Waals surface area contributed by atoms with Crippen LogP contribution in [0.15, 0.2) is 71.1 Å². The number of hydrogen-bond acceptors (Lipinski definition) is 5. The highest BCUT2D eigenvalue weighted by Gasteiger charge is 2.28. The van der Waals surface area contributed by atoms with E-state index < -0.39 is 0 Å². The third-order valence-corrected chi connectivity index (χ3v) is 4.82. The molecule has 2 aliphatic rings. The summed E-state index contributed by atoms with van der Waals surface area (Å²) in [5, 5.41) is 12.8. The average Bonchev–Trinajstić information content (AvgIpc) is 3.14. The minimum absolute atomic E-state index is 0.495. The van der Waals surface area contributed by atoms with E-state index in [-0.39, 0.29) is 0 Å². The van der Waals surface area contributed by atoms with Crippen molar-refractivity contribution in [1.29, 1.82) is 0 Å². The van der Waals surface area contributed by atoms with Crippen molar-refractivity contribution >= 4 is 5.69 Å². The van der Waals surface area contributed by atoms with Crippen LogP contribution < -0.4 is 5.01 Å². The molecule has 0 unspecified atom stereocenters. The minimum Gasteiger partial charge on any atom is -0.299 e. The molecule has 5 heteroatoms. The van der Waals surface area contributed by atoms with Crippen LogP contribution in [0, 0.1) is 0 Å². The Balaban J connectivity index is 1.29. The van der Waals surface area contributed by atoms with Gasteiger partial charge in [-0.1, -0.05) is 53.8 Å². The van der Waals surface area contributed by atoms with E-state index in [0.29, 0.717) is 6.04 Å². The molecule has 0 bridgehead atoms. The fourth-order valence-electron chi connectivity index (χ4n) is 3.43. The van der Waals surface area contributed by atoms with E-state index >= 15 is 0 Å². The van der Waals surface area contributed by atoms with Crippen molar-refractivity contribution in [3.8, 4) is 0 Å². The lowest BCUT2D eigenvalue weighted by Gasteiger charge is -2.35. The van der Waals surface area contributed by atoms with Gasteiger partial charge in [0.25, 0.3) is 0 Å². The summed E-state index contributed by atoms with van der Waals surface area (Å²) in [7, 11) is 0. The fraction of sp³-hybridized carbons (Fsp3) is 0.368. The number of para-hydroxylation sites is 1. The number of hydrogen-bond donors (Lipinski definition) is 0. The van der Waals surface area contributed by atoms with E-state index in [0.717, 1.165) is 44.8 Å². The molecule has 0 spiro atoms. The molecule has 0 aromatic heterocycles. The van der Waals surface area contributed by atoms with Gasteiger partial charge in [0.15, 0.2) is 0 Å². The van der Waals surface area contributed by atoms with E-state index in [4.69, 9.17) is 0 Å². The maximum atomic E-state index is 4.39. The molecule has 2 heterocycles. The molecule has 0 amide bonds. The summed E-state index contributed by atoms with van der Waals surface area (Å²) in [5.41, 5.74) is 2.50. The lowest BCUT2D eigenvalue weighted by Crippen LogP contribution is -2.43. The largest absolute Gasteiger partial charge is 0.299 e. The fourth-order valence-corrected chi connectivity index (χ4v) is 3.43. The van der Waals surface area contributed by atoms with Gasteiger partial charge in [0.1, 0.15) is 6.67 Å². The third kappa shape index (κ3) is 3.41. The van der Waals surface area contributed by atoms with Crippen LogP contribution in [0.2, 0.25) is 0 Å². The molecular formula is C19H23N5. The van der Waals surface area contributed by atoms with E-state index in [1.807, 2.05) is 23.2 Å². The zero-order valence-electron chi connectivity index (χ0n) is 13.8. The van der Waals surface area contributed by atoms with Gasteiger partial charge in [0.2, 0.25) is 0 Å². The van der Waals surface area contributed by atoms with E-state index in [2.05, 4.69) is 62.8 Å². The molecule has 1 saturated heterocycles. The SMILES string of the molecule is c1ccc(CN2CCC(N3CN(c4ccccc4)N=N3)CC2)cc1. The Morgan fingerprint density at radius 1 is 0.833 bits per heavy atom. The normalized spacial score (nSPS) is 19.2. The minimum atomic E-state index is 0.495. The zero-order valence-corrected chi connectivity index (χ0v) is 13.8. The molecule has 4 rings (SSSR count). The monoisotopic (exact) mass is 321 g/mol. The van der Waals surface area contributed by atoms with Crippen LogP contribution in [0.4, 0.5) is 5.69 Å². The van der Waals surface area contributed by atoms with Crippen LogP contribution in [0.5, 0.6) is 0 Å². The first kappa shape index (κ1) is 15.1. The van der Waals surface area contributed by atoms with Crippen molar-refractivity contribution in [2.24, 2.45) is 10.4 Å². The Morgan fingerprint density at radius 3 is 2.21 bits per heavy atom. The average molecular weight is 321 g/mol. The number of nitrogens with zero attached hydrogens (tertiary/aromatic N) is 5. The second-order valence-electron chi connectivity index (χ2n) is 6.49. The molecule has 24 heavy (non-hydrogen) atoms. The summed E-state index contributed by atoms with van der Waals surface area (Å²) in [4.78, 5) is 2.54. The van der Waals surface area contributed by atoms with Gasteiger partial charge in [0.05, 0.1) is 11.7 Å². The van der Waals surface area contributed by atoms with Crippen molar-refractivity contribution in [3.63, 3.8) is 0 Å². The molecule has 2 aromatic rings. The summed E-state index contributed by atoms with van der Waals surface area (Å²) in [6.07, 6.45) is 2.29. The maximum absolute atomic E-state index is 4.39. The van der Waals surface area contributed by atoms with Crippen LogP contribution in [0.3, 0.4) is 0 Å². The Morgan fingerprint density at radius 2 is 1.50 bits per heavy atom. The molecule has 2 aliphatic heterocycles. The smallest absolute Gasteiger partial charge is 0.132 e. The standard InChI is InChI=1S/C19H23N5/c1-3-7-17(8-4-1)15-22-13-11-19(12-14-22)24-16-23(20-21-24)18-9-5-2-6-10-18/h1-10,19H,11-16H2. The molecule has 0 N–H and O–H groups in total. The number of likely N-dealkylation sites (tertiary alicyclic amines) is 1. The molecule has 5 nitrogen and oxygen atoms in total. The molecule has 0 atom stereocenters. The summed E-state index contributed by atoms with van der Waals surface area (Å²) >= 11 is 0. The molecular weight excluding hydrogens is 298 g/mol. The maximum Gasteiger partial charge on any atom is 0.132 e. The van der Waals surface area contributed by atoms with Gasteiger partial charge in [-0.3, -0.25) is 9.91 Å². The number of benzene rings is 2. The van der Waals surface area contributed by atoms with Crippen LogP contribution in [-0.4, -0.2) is 35.7 Å². The van der Waals surface area contributed by atoms with Gasteiger partial charge in [-0.25, -0.2) is 5.01 Å². The molecule has 0 radical (unpaired) electrons. The van der Waals surface area contributed by atoms with Gasteiger partial charge in [-0.05, 0) is 35.8 Å². The number of anilines is 1. The highest BCUT2D eigenvalue weighted by Crippen LogP contribution is 2.25. The summed E-state index contributed by atoms with van der Waals surface area (Å²) in [6.45, 7) is 4.05. The second kappa shape index (κ2) is 7.01. The Kier molecular flexibility index (Phi) is 4.42. The Hall–Kier alpha value is -2.40. The number of piperidine rings is 1.